The molecule has 0 radical (unpaired) electrons. The monoisotopic (exact) mass is 271 g/mol. The zero-order valence-electron chi connectivity index (χ0n) is 9.46. The Labute approximate surface area is 99.9 Å². The van der Waals surface area contributed by atoms with Crippen LogP contribution < -0.4 is 10.5 Å². The van der Waals surface area contributed by atoms with Crippen molar-refractivity contribution in [1.29, 1.82) is 0 Å². The van der Waals surface area contributed by atoms with Gasteiger partial charge in [0.25, 0.3) is 0 Å². The molecule has 3 heteroatoms. The Bertz CT molecular complexity index is 323. The quantitative estimate of drug-likeness (QED) is 0.914. The van der Waals surface area contributed by atoms with Crippen LogP contribution in [-0.2, 0) is 6.42 Å². The fourth-order valence-electron chi connectivity index (χ4n) is 1.39. The van der Waals surface area contributed by atoms with E-state index in [4.69, 9.17) is 10.5 Å². The number of benzene rings is 1. The first-order chi connectivity index (χ1) is 6.99. The highest BCUT2D eigenvalue weighted by molar-refractivity contribution is 9.10. The lowest BCUT2D eigenvalue weighted by Crippen LogP contribution is -2.17. The van der Waals surface area contributed by atoms with Crippen molar-refractivity contribution < 1.29 is 4.74 Å². The van der Waals surface area contributed by atoms with E-state index in [0.717, 1.165) is 16.6 Å². The van der Waals surface area contributed by atoms with E-state index in [1.165, 1.54) is 5.56 Å². The van der Waals surface area contributed by atoms with Crippen LogP contribution in [0.25, 0.3) is 0 Å². The number of halogens is 1. The molecule has 1 atom stereocenters. The normalized spacial score (nSPS) is 12.9. The molecule has 2 nitrogen and oxygen atoms in total. The highest BCUT2D eigenvalue weighted by atomic mass is 79.9. The fraction of sp³-hybridized carbons (Fsp3) is 0.500. The van der Waals surface area contributed by atoms with Crippen molar-refractivity contribution in [2.75, 3.05) is 0 Å². The number of ether oxygens (including phenoxy) is 1. The molecule has 15 heavy (non-hydrogen) atoms. The van der Waals surface area contributed by atoms with Crippen LogP contribution in [0.4, 0.5) is 0 Å². The average Bonchev–Trinajstić information content (AvgIpc) is 2.08. The van der Waals surface area contributed by atoms with Crippen LogP contribution in [0, 0.1) is 0 Å². The van der Waals surface area contributed by atoms with Crippen LogP contribution >= 0.6 is 15.9 Å². The van der Waals surface area contributed by atoms with Gasteiger partial charge in [-0.15, -0.1) is 0 Å². The van der Waals surface area contributed by atoms with Crippen LogP contribution in [-0.4, -0.2) is 12.1 Å². The Hall–Kier alpha value is -0.540. The highest BCUT2D eigenvalue weighted by Gasteiger charge is 2.05. The van der Waals surface area contributed by atoms with Crippen molar-refractivity contribution in [3.8, 4) is 5.75 Å². The summed E-state index contributed by atoms with van der Waals surface area (Å²) in [5, 5.41) is 0. The van der Waals surface area contributed by atoms with Gasteiger partial charge in [-0.1, -0.05) is 6.07 Å². The van der Waals surface area contributed by atoms with Gasteiger partial charge in [-0.3, -0.25) is 0 Å². The van der Waals surface area contributed by atoms with Crippen LogP contribution in [0.15, 0.2) is 22.7 Å². The molecular weight excluding hydrogens is 254 g/mol. The first-order valence-corrected chi connectivity index (χ1v) is 5.99. The zero-order valence-corrected chi connectivity index (χ0v) is 11.0. The van der Waals surface area contributed by atoms with Gasteiger partial charge in [0, 0.05) is 6.04 Å². The zero-order chi connectivity index (χ0) is 11.4. The van der Waals surface area contributed by atoms with Gasteiger partial charge in [0.05, 0.1) is 10.6 Å². The van der Waals surface area contributed by atoms with E-state index in [9.17, 15) is 0 Å². The van der Waals surface area contributed by atoms with E-state index in [1.54, 1.807) is 0 Å². The van der Waals surface area contributed by atoms with Gasteiger partial charge >= 0.3 is 0 Å². The smallest absolute Gasteiger partial charge is 0.133 e. The van der Waals surface area contributed by atoms with E-state index in [-0.39, 0.29) is 12.1 Å². The Morgan fingerprint density at radius 2 is 2.00 bits per heavy atom. The second-order valence-corrected chi connectivity index (χ2v) is 4.97. The number of nitrogens with two attached hydrogens (primary N) is 1. The van der Waals surface area contributed by atoms with Gasteiger partial charge in [-0.25, -0.2) is 0 Å². The standard InChI is InChI=1S/C12H18BrNO/c1-8(2)15-12-5-4-10(6-9(3)14)7-11(12)13/h4-5,7-9H,6,14H2,1-3H3. The molecule has 0 amide bonds. The van der Waals surface area contributed by atoms with Crippen LogP contribution in [0.5, 0.6) is 5.75 Å². The third-order valence-corrected chi connectivity index (χ3v) is 2.54. The molecule has 0 spiro atoms. The minimum atomic E-state index is 0.189. The van der Waals surface area contributed by atoms with Gasteiger partial charge < -0.3 is 10.5 Å². The van der Waals surface area contributed by atoms with Gasteiger partial charge in [0.2, 0.25) is 0 Å². The largest absolute Gasteiger partial charge is 0.490 e. The predicted molar refractivity (Wildman–Crippen MR) is 67.3 cm³/mol. The number of hydrogen-bond donors (Lipinski definition) is 1. The molecule has 2 N–H and O–H groups in total. The topological polar surface area (TPSA) is 35.2 Å². The van der Waals surface area contributed by atoms with Crippen molar-refractivity contribution in [2.24, 2.45) is 5.73 Å². The Kier molecular flexibility index (Phi) is 4.61. The first kappa shape index (κ1) is 12.5. The third kappa shape index (κ3) is 4.22. The lowest BCUT2D eigenvalue weighted by molar-refractivity contribution is 0.241. The van der Waals surface area contributed by atoms with Crippen molar-refractivity contribution in [3.05, 3.63) is 28.2 Å². The van der Waals surface area contributed by atoms with Crippen molar-refractivity contribution >= 4 is 15.9 Å². The number of hydrogen-bond acceptors (Lipinski definition) is 2. The lowest BCUT2D eigenvalue weighted by Gasteiger charge is -2.13. The Morgan fingerprint density at radius 1 is 1.33 bits per heavy atom. The van der Waals surface area contributed by atoms with E-state index in [2.05, 4.69) is 28.1 Å². The molecule has 1 unspecified atom stereocenters. The molecule has 1 aromatic rings. The lowest BCUT2D eigenvalue weighted by atomic mass is 10.1. The maximum Gasteiger partial charge on any atom is 0.133 e. The van der Waals surface area contributed by atoms with E-state index >= 15 is 0 Å². The van der Waals surface area contributed by atoms with E-state index < -0.39 is 0 Å². The predicted octanol–water partition coefficient (Wildman–Crippen LogP) is 3.13. The molecule has 0 fully saturated rings. The molecular formula is C12H18BrNO. The summed E-state index contributed by atoms with van der Waals surface area (Å²) < 4.78 is 6.62. The van der Waals surface area contributed by atoms with Crippen LogP contribution in [0.1, 0.15) is 26.3 Å². The average molecular weight is 272 g/mol. The molecule has 0 aliphatic carbocycles. The molecule has 0 aliphatic heterocycles. The van der Waals surface area contributed by atoms with Gasteiger partial charge in [0.1, 0.15) is 5.75 Å². The summed E-state index contributed by atoms with van der Waals surface area (Å²) in [5.41, 5.74) is 6.98. The minimum absolute atomic E-state index is 0.189. The molecule has 0 aromatic heterocycles. The minimum Gasteiger partial charge on any atom is -0.490 e. The molecule has 84 valence electrons. The van der Waals surface area contributed by atoms with Crippen molar-refractivity contribution in [2.45, 2.75) is 39.3 Å². The summed E-state index contributed by atoms with van der Waals surface area (Å²) >= 11 is 3.50. The molecule has 0 bridgehead atoms. The molecule has 0 aliphatic rings. The SMILES string of the molecule is CC(N)Cc1ccc(OC(C)C)c(Br)c1. The van der Waals surface area contributed by atoms with Crippen molar-refractivity contribution in [3.63, 3.8) is 0 Å². The molecule has 1 rings (SSSR count). The van der Waals surface area contributed by atoms with E-state index in [1.807, 2.05) is 26.8 Å². The molecule has 1 aromatic carbocycles. The summed E-state index contributed by atoms with van der Waals surface area (Å²) in [5.74, 6) is 0.887. The van der Waals surface area contributed by atoms with Gasteiger partial charge in [0.15, 0.2) is 0 Å². The Balaban J connectivity index is 2.78. The second kappa shape index (κ2) is 5.52. The van der Waals surface area contributed by atoms with Gasteiger partial charge in [-0.05, 0) is 60.8 Å². The summed E-state index contributed by atoms with van der Waals surface area (Å²) in [6, 6.07) is 6.31. The summed E-state index contributed by atoms with van der Waals surface area (Å²) in [6.45, 7) is 6.04. The maximum absolute atomic E-state index is 5.75. The summed E-state index contributed by atoms with van der Waals surface area (Å²) in [6.07, 6.45) is 1.08. The van der Waals surface area contributed by atoms with Crippen LogP contribution in [0.3, 0.4) is 0 Å². The molecule has 0 saturated heterocycles. The number of rotatable bonds is 4. The van der Waals surface area contributed by atoms with Gasteiger partial charge in [-0.2, -0.15) is 0 Å². The summed E-state index contributed by atoms with van der Waals surface area (Å²) in [7, 11) is 0. The second-order valence-electron chi connectivity index (χ2n) is 4.11. The first-order valence-electron chi connectivity index (χ1n) is 5.19. The molecule has 0 heterocycles. The fourth-order valence-corrected chi connectivity index (χ4v) is 1.91. The molecule has 0 saturated carbocycles. The van der Waals surface area contributed by atoms with Crippen LogP contribution in [0.2, 0.25) is 0 Å². The highest BCUT2D eigenvalue weighted by Crippen LogP contribution is 2.27. The third-order valence-electron chi connectivity index (χ3n) is 1.92. The summed E-state index contributed by atoms with van der Waals surface area (Å²) in [4.78, 5) is 0. The van der Waals surface area contributed by atoms with Crippen molar-refractivity contribution in [1.82, 2.24) is 0 Å². The van der Waals surface area contributed by atoms with E-state index in [0.29, 0.717) is 0 Å². The maximum atomic E-state index is 5.75. The Morgan fingerprint density at radius 3 is 2.47 bits per heavy atom.